The van der Waals surface area contributed by atoms with Gasteiger partial charge in [-0.25, -0.2) is 0 Å². The molecular weight excluding hydrogens is 468 g/mol. The third kappa shape index (κ3) is 5.23. The molecule has 5 aliphatic rings. The molecule has 0 spiro atoms. The quantitative estimate of drug-likeness (QED) is 0.373. The van der Waals surface area contributed by atoms with E-state index in [1.165, 1.54) is 5.69 Å². The van der Waals surface area contributed by atoms with Crippen LogP contribution < -0.4 is 26.2 Å². The first-order valence-corrected chi connectivity index (χ1v) is 14.0. The summed E-state index contributed by atoms with van der Waals surface area (Å²) in [5.41, 5.74) is 2.30. The maximum Gasteiger partial charge on any atom is 0.244 e. The van der Waals surface area contributed by atoms with Crippen molar-refractivity contribution in [3.63, 3.8) is 0 Å². The SMILES string of the molecule is CN1CCN(c2ccc(NC3NCC4C(=O)N5C/C=C\CC[C@@H](O)C6CCCC(N6)N5C4N3)cc2)CC1. The van der Waals surface area contributed by atoms with E-state index in [4.69, 9.17) is 0 Å². The summed E-state index contributed by atoms with van der Waals surface area (Å²) in [6.07, 6.45) is 8.14. The number of nitrogens with one attached hydrogen (secondary N) is 4. The first-order valence-electron chi connectivity index (χ1n) is 14.0. The molecule has 2 bridgehead atoms. The second kappa shape index (κ2) is 10.9. The zero-order valence-electron chi connectivity index (χ0n) is 21.9. The molecule has 202 valence electrons. The van der Waals surface area contributed by atoms with Crippen LogP contribution in [0.25, 0.3) is 0 Å². The minimum Gasteiger partial charge on any atom is -0.391 e. The molecule has 6 rings (SSSR count). The first-order chi connectivity index (χ1) is 18.1. The van der Waals surface area contributed by atoms with Crippen molar-refractivity contribution in [1.29, 1.82) is 0 Å². The predicted octanol–water partition coefficient (Wildman–Crippen LogP) is 0.507. The second-order valence-electron chi connectivity index (χ2n) is 11.2. The van der Waals surface area contributed by atoms with Gasteiger partial charge in [0.2, 0.25) is 5.91 Å². The van der Waals surface area contributed by atoms with Gasteiger partial charge >= 0.3 is 0 Å². The highest BCUT2D eigenvalue weighted by Crippen LogP contribution is 2.32. The van der Waals surface area contributed by atoms with Crippen molar-refractivity contribution in [2.45, 2.75) is 62.9 Å². The Hall–Kier alpha value is -2.21. The lowest BCUT2D eigenvalue weighted by Gasteiger charge is -2.45. The Bertz CT molecular complexity index is 966. The lowest BCUT2D eigenvalue weighted by Crippen LogP contribution is -2.68. The van der Waals surface area contributed by atoms with E-state index in [9.17, 15) is 9.90 Å². The molecule has 10 nitrogen and oxygen atoms in total. The Morgan fingerprint density at radius 1 is 1.00 bits per heavy atom. The van der Waals surface area contributed by atoms with Crippen LogP contribution in [0.4, 0.5) is 11.4 Å². The summed E-state index contributed by atoms with van der Waals surface area (Å²) in [6, 6.07) is 8.73. The van der Waals surface area contributed by atoms with Gasteiger partial charge < -0.3 is 20.2 Å². The zero-order chi connectivity index (χ0) is 25.4. The molecule has 10 heteroatoms. The van der Waals surface area contributed by atoms with Crippen LogP contribution in [0.2, 0.25) is 0 Å². The number of piperazine rings is 1. The van der Waals surface area contributed by atoms with Crippen LogP contribution in [-0.4, -0.2) is 103 Å². The molecule has 5 heterocycles. The average molecular weight is 511 g/mol. The van der Waals surface area contributed by atoms with Crippen molar-refractivity contribution < 1.29 is 9.90 Å². The number of anilines is 2. The molecule has 0 saturated carbocycles. The fourth-order valence-electron chi connectivity index (χ4n) is 6.50. The van der Waals surface area contributed by atoms with Gasteiger partial charge in [0.25, 0.3) is 0 Å². The normalized spacial score (nSPS) is 36.4. The van der Waals surface area contributed by atoms with Crippen LogP contribution in [0, 0.1) is 5.92 Å². The highest BCUT2D eigenvalue weighted by molar-refractivity contribution is 5.82. The van der Waals surface area contributed by atoms with Crippen LogP contribution >= 0.6 is 0 Å². The van der Waals surface area contributed by atoms with Crippen LogP contribution in [-0.2, 0) is 4.79 Å². The molecule has 5 aliphatic heterocycles. The standard InChI is InChI=1S/C27H42N8O2/c1-32-14-16-33(17-15-32)20-11-9-19(10-12-20)29-27-28-18-21-25(31-27)35-24-8-5-6-22(30-24)23(36)7-3-2-4-13-34(35)26(21)37/h2,4,9-12,21-25,27-31,36H,3,5-8,13-18H2,1H3/b4-2-/t21?,22?,23-,24?,25?,27?/m1/s1. The third-order valence-corrected chi connectivity index (χ3v) is 8.70. The number of fused-ring (bicyclic) bond motifs is 6. The number of likely N-dealkylation sites (N-methyl/N-ethyl adjacent to an activating group) is 1. The average Bonchev–Trinajstić information content (AvgIpc) is 3.19. The second-order valence-corrected chi connectivity index (χ2v) is 11.2. The summed E-state index contributed by atoms with van der Waals surface area (Å²) in [7, 11) is 2.18. The van der Waals surface area contributed by atoms with E-state index in [-0.39, 0.29) is 42.6 Å². The Balaban J connectivity index is 1.15. The number of carbonyl (C=O) groups excluding carboxylic acids is 1. The minimum absolute atomic E-state index is 0.0213. The third-order valence-electron chi connectivity index (χ3n) is 8.70. The van der Waals surface area contributed by atoms with Gasteiger partial charge in [-0.2, -0.15) is 5.01 Å². The molecular formula is C27H42N8O2. The lowest BCUT2D eigenvalue weighted by atomic mass is 9.95. The van der Waals surface area contributed by atoms with E-state index in [0.717, 1.165) is 64.0 Å². The van der Waals surface area contributed by atoms with E-state index < -0.39 is 0 Å². The summed E-state index contributed by atoms with van der Waals surface area (Å²) >= 11 is 0. The molecule has 0 aliphatic carbocycles. The Labute approximate surface area is 220 Å². The van der Waals surface area contributed by atoms with Crippen molar-refractivity contribution in [3.05, 3.63) is 36.4 Å². The van der Waals surface area contributed by atoms with Crippen molar-refractivity contribution in [2.24, 2.45) is 5.92 Å². The Kier molecular flexibility index (Phi) is 7.38. The maximum absolute atomic E-state index is 13.5. The summed E-state index contributed by atoms with van der Waals surface area (Å²) < 4.78 is 0. The number of aliphatic hydroxyl groups is 1. The van der Waals surface area contributed by atoms with Crippen molar-refractivity contribution in [2.75, 3.05) is 56.5 Å². The van der Waals surface area contributed by atoms with E-state index in [1.807, 2.05) is 5.01 Å². The van der Waals surface area contributed by atoms with Crippen molar-refractivity contribution in [3.8, 4) is 0 Å². The van der Waals surface area contributed by atoms with Gasteiger partial charge in [-0.15, -0.1) is 0 Å². The molecule has 4 saturated heterocycles. The van der Waals surface area contributed by atoms with Crippen LogP contribution in [0.3, 0.4) is 0 Å². The Morgan fingerprint density at radius 2 is 1.81 bits per heavy atom. The monoisotopic (exact) mass is 510 g/mol. The smallest absolute Gasteiger partial charge is 0.244 e. The van der Waals surface area contributed by atoms with Crippen molar-refractivity contribution in [1.82, 2.24) is 30.9 Å². The van der Waals surface area contributed by atoms with Gasteiger partial charge in [0, 0.05) is 50.1 Å². The molecule has 0 aromatic heterocycles. The Morgan fingerprint density at radius 3 is 2.62 bits per heavy atom. The lowest BCUT2D eigenvalue weighted by molar-refractivity contribution is -0.145. The molecule has 1 aromatic rings. The van der Waals surface area contributed by atoms with Gasteiger partial charge in [-0.05, 0) is 63.4 Å². The fraction of sp³-hybridized carbons (Fsp3) is 0.667. The number of aliphatic hydroxyl groups excluding tert-OH is 1. The molecule has 37 heavy (non-hydrogen) atoms. The van der Waals surface area contributed by atoms with Gasteiger partial charge in [-0.1, -0.05) is 12.2 Å². The van der Waals surface area contributed by atoms with E-state index in [1.54, 1.807) is 0 Å². The van der Waals surface area contributed by atoms with Gasteiger partial charge in [0.05, 0.1) is 30.9 Å². The van der Waals surface area contributed by atoms with Gasteiger partial charge in [0.1, 0.15) is 6.29 Å². The molecule has 1 amide bonds. The molecule has 5 unspecified atom stereocenters. The number of carbonyl (C=O) groups is 1. The largest absolute Gasteiger partial charge is 0.391 e. The number of rotatable bonds is 3. The predicted molar refractivity (Wildman–Crippen MR) is 144 cm³/mol. The molecule has 1 aromatic carbocycles. The van der Waals surface area contributed by atoms with E-state index in [0.29, 0.717) is 13.1 Å². The summed E-state index contributed by atoms with van der Waals surface area (Å²) in [6.45, 7) is 5.48. The number of allylic oxidation sites excluding steroid dienone is 1. The van der Waals surface area contributed by atoms with E-state index in [2.05, 4.69) is 79.5 Å². The number of piperidine rings is 1. The summed E-state index contributed by atoms with van der Waals surface area (Å²) in [5, 5.41) is 29.4. The number of hydrogen-bond acceptors (Lipinski definition) is 9. The number of benzene rings is 1. The van der Waals surface area contributed by atoms with Gasteiger partial charge in [0.15, 0.2) is 0 Å². The van der Waals surface area contributed by atoms with Crippen LogP contribution in [0.15, 0.2) is 36.4 Å². The van der Waals surface area contributed by atoms with E-state index >= 15 is 0 Å². The van der Waals surface area contributed by atoms with Gasteiger partial charge in [-0.3, -0.25) is 25.8 Å². The van der Waals surface area contributed by atoms with Crippen LogP contribution in [0.1, 0.15) is 32.1 Å². The molecule has 6 atom stereocenters. The number of amides is 1. The molecule has 0 radical (unpaired) electrons. The first kappa shape index (κ1) is 25.1. The number of hydrazine groups is 1. The zero-order valence-corrected chi connectivity index (χ0v) is 21.9. The summed E-state index contributed by atoms with van der Waals surface area (Å²) in [5.74, 6) is 0.00875. The highest BCUT2D eigenvalue weighted by atomic mass is 16.3. The maximum atomic E-state index is 13.5. The summed E-state index contributed by atoms with van der Waals surface area (Å²) in [4.78, 5) is 18.3. The minimum atomic E-state index is -0.364. The van der Waals surface area contributed by atoms with Crippen LogP contribution in [0.5, 0.6) is 0 Å². The number of nitrogens with zero attached hydrogens (tertiary/aromatic N) is 4. The highest BCUT2D eigenvalue weighted by Gasteiger charge is 2.52. The fourth-order valence-corrected chi connectivity index (χ4v) is 6.50. The van der Waals surface area contributed by atoms with Crippen molar-refractivity contribution >= 4 is 17.3 Å². The molecule has 5 N–H and O–H groups in total. The molecule has 4 fully saturated rings. The number of hydrogen-bond donors (Lipinski definition) is 5. The topological polar surface area (TPSA) is 98.4 Å².